The fourth-order valence-corrected chi connectivity index (χ4v) is 3.44. The quantitative estimate of drug-likeness (QED) is 0.453. The number of benzene rings is 1. The lowest BCUT2D eigenvalue weighted by Crippen LogP contribution is -2.42. The van der Waals surface area contributed by atoms with Crippen LogP contribution in [0.4, 0.5) is 0 Å². The molecular weight excluding hydrogens is 422 g/mol. The molecule has 0 saturated carbocycles. The average Bonchev–Trinajstić information content (AvgIpc) is 3.32. The molecule has 1 aliphatic heterocycles. The molecule has 11 heteroatoms. The summed E-state index contributed by atoms with van der Waals surface area (Å²) in [5.74, 6) is -1.67. The molecule has 32 heavy (non-hydrogen) atoms. The molecule has 0 bridgehead atoms. The summed E-state index contributed by atoms with van der Waals surface area (Å²) in [4.78, 5) is 34.5. The molecule has 1 aromatic carbocycles. The minimum absolute atomic E-state index is 0.0540. The van der Waals surface area contributed by atoms with Gasteiger partial charge in [-0.1, -0.05) is 29.5 Å². The molecule has 3 rings (SSSR count). The van der Waals surface area contributed by atoms with E-state index in [9.17, 15) is 19.5 Å². The maximum Gasteiger partial charge on any atom is 0.303 e. The van der Waals surface area contributed by atoms with Gasteiger partial charge in [-0.25, -0.2) is 4.68 Å². The third kappa shape index (κ3) is 5.89. The maximum absolute atomic E-state index is 11.7. The van der Waals surface area contributed by atoms with Gasteiger partial charge in [-0.3, -0.25) is 14.4 Å². The molecule has 1 aromatic heterocycles. The number of aliphatic hydroxyl groups excluding tert-OH is 1. The second-order valence-electron chi connectivity index (χ2n) is 7.34. The Morgan fingerprint density at radius 2 is 1.62 bits per heavy atom. The van der Waals surface area contributed by atoms with Crippen LogP contribution in [-0.4, -0.2) is 69.0 Å². The molecule has 1 saturated heterocycles. The van der Waals surface area contributed by atoms with Crippen molar-refractivity contribution in [3.63, 3.8) is 0 Å². The lowest BCUT2D eigenvalue weighted by molar-refractivity contribution is -0.165. The zero-order chi connectivity index (χ0) is 23.3. The predicted molar refractivity (Wildman–Crippen MR) is 108 cm³/mol. The first-order valence-corrected chi connectivity index (χ1v) is 10.0. The molecule has 0 amide bonds. The van der Waals surface area contributed by atoms with Gasteiger partial charge >= 0.3 is 17.9 Å². The number of hydrogen-bond acceptors (Lipinski definition) is 10. The molecule has 11 nitrogen and oxygen atoms in total. The van der Waals surface area contributed by atoms with Crippen LogP contribution in [-0.2, 0) is 46.5 Å². The standard InChI is InChI=1S/C21H25N3O8/c1-12(26)29-11-19-21(31-14(3)28)20(30-13(2)27)18(32-19)9-24-8-17(22-23-24)16-6-4-15(10-25)5-7-16/h4-8,18-21,25H,9-11H2,1-3H3/t18-,19+,20+,21+/m0/s1. The highest BCUT2D eigenvalue weighted by Gasteiger charge is 2.49. The molecule has 2 heterocycles. The Labute approximate surface area is 184 Å². The van der Waals surface area contributed by atoms with E-state index in [-0.39, 0.29) is 19.8 Å². The number of hydrogen-bond donors (Lipinski definition) is 1. The van der Waals surface area contributed by atoms with Gasteiger partial charge in [0.05, 0.1) is 19.3 Å². The highest BCUT2D eigenvalue weighted by molar-refractivity contribution is 5.68. The van der Waals surface area contributed by atoms with Gasteiger partial charge in [-0.05, 0) is 5.56 Å². The topological polar surface area (TPSA) is 139 Å². The van der Waals surface area contributed by atoms with Crippen molar-refractivity contribution in [2.45, 2.75) is 58.3 Å². The first-order valence-electron chi connectivity index (χ1n) is 10.0. The first kappa shape index (κ1) is 23.4. The van der Waals surface area contributed by atoms with E-state index in [4.69, 9.17) is 18.9 Å². The van der Waals surface area contributed by atoms with E-state index in [1.807, 2.05) is 12.1 Å². The fourth-order valence-electron chi connectivity index (χ4n) is 3.44. The molecule has 0 aliphatic carbocycles. The van der Waals surface area contributed by atoms with E-state index < -0.39 is 42.3 Å². The number of nitrogens with zero attached hydrogens (tertiary/aromatic N) is 3. The second-order valence-corrected chi connectivity index (χ2v) is 7.34. The van der Waals surface area contributed by atoms with E-state index in [1.165, 1.54) is 25.5 Å². The van der Waals surface area contributed by atoms with Crippen LogP contribution in [0, 0.1) is 0 Å². The fraction of sp³-hybridized carbons (Fsp3) is 0.476. The smallest absolute Gasteiger partial charge is 0.303 e. The first-order chi connectivity index (χ1) is 15.3. The van der Waals surface area contributed by atoms with E-state index in [1.54, 1.807) is 18.3 Å². The van der Waals surface area contributed by atoms with Crippen molar-refractivity contribution in [3.05, 3.63) is 36.0 Å². The highest BCUT2D eigenvalue weighted by Crippen LogP contribution is 2.29. The van der Waals surface area contributed by atoms with Crippen molar-refractivity contribution in [3.8, 4) is 11.3 Å². The second kappa shape index (κ2) is 10.3. The minimum atomic E-state index is -0.949. The number of ether oxygens (including phenoxy) is 4. The molecule has 0 spiro atoms. The number of carbonyl (C=O) groups excluding carboxylic acids is 3. The monoisotopic (exact) mass is 447 g/mol. The van der Waals surface area contributed by atoms with Gasteiger partial charge in [0, 0.05) is 26.3 Å². The third-order valence-electron chi connectivity index (χ3n) is 4.80. The van der Waals surface area contributed by atoms with Gasteiger partial charge in [-0.15, -0.1) is 5.10 Å². The van der Waals surface area contributed by atoms with Crippen molar-refractivity contribution >= 4 is 17.9 Å². The Morgan fingerprint density at radius 3 is 2.19 bits per heavy atom. The van der Waals surface area contributed by atoms with Crippen LogP contribution in [0.25, 0.3) is 11.3 Å². The van der Waals surface area contributed by atoms with Gasteiger partial charge in [-0.2, -0.15) is 0 Å². The molecule has 1 aliphatic rings. The summed E-state index contributed by atoms with van der Waals surface area (Å²) in [5.41, 5.74) is 2.19. The van der Waals surface area contributed by atoms with Crippen LogP contribution in [0.15, 0.2) is 30.5 Å². The maximum atomic E-state index is 11.7. The van der Waals surface area contributed by atoms with Crippen molar-refractivity contribution in [1.29, 1.82) is 0 Å². The van der Waals surface area contributed by atoms with Gasteiger partial charge < -0.3 is 24.1 Å². The van der Waals surface area contributed by atoms with Gasteiger partial charge in [0.2, 0.25) is 0 Å². The van der Waals surface area contributed by atoms with Crippen LogP contribution in [0.1, 0.15) is 26.3 Å². The van der Waals surface area contributed by atoms with Crippen LogP contribution in [0.3, 0.4) is 0 Å². The van der Waals surface area contributed by atoms with Crippen LogP contribution in [0.5, 0.6) is 0 Å². The summed E-state index contributed by atoms with van der Waals surface area (Å²) in [5, 5.41) is 17.4. The molecule has 172 valence electrons. The van der Waals surface area contributed by atoms with Crippen molar-refractivity contribution in [1.82, 2.24) is 15.0 Å². The summed E-state index contributed by atoms with van der Waals surface area (Å²) >= 11 is 0. The SMILES string of the molecule is CC(=O)OC[C@H]1O[C@@H](Cn2cc(-c3ccc(CO)cc3)nn2)[C@@H](OC(C)=O)[C@@H]1OC(C)=O. The summed E-state index contributed by atoms with van der Waals surface area (Å²) in [7, 11) is 0. The van der Waals surface area contributed by atoms with Crippen LogP contribution in [0.2, 0.25) is 0 Å². The molecular formula is C21H25N3O8. The molecule has 1 fully saturated rings. The summed E-state index contributed by atoms with van der Waals surface area (Å²) in [6.45, 7) is 3.65. The Morgan fingerprint density at radius 1 is 1.00 bits per heavy atom. The lowest BCUT2D eigenvalue weighted by atomic mass is 10.1. The minimum Gasteiger partial charge on any atom is -0.463 e. The zero-order valence-corrected chi connectivity index (χ0v) is 18.0. The number of carbonyl (C=O) groups is 3. The van der Waals surface area contributed by atoms with Crippen LogP contribution >= 0.6 is 0 Å². The Kier molecular flexibility index (Phi) is 7.54. The van der Waals surface area contributed by atoms with Gasteiger partial charge in [0.1, 0.15) is 24.5 Å². The predicted octanol–water partition coefficient (Wildman–Crippen LogP) is 0.631. The normalized spacial score (nSPS) is 22.4. The van der Waals surface area contributed by atoms with Gasteiger partial charge in [0.25, 0.3) is 0 Å². The summed E-state index contributed by atoms with van der Waals surface area (Å²) in [6.07, 6.45) is -1.72. The van der Waals surface area contributed by atoms with Crippen molar-refractivity contribution in [2.75, 3.05) is 6.61 Å². The number of aromatic nitrogens is 3. The Balaban J connectivity index is 1.79. The molecule has 2 aromatic rings. The Hall–Kier alpha value is -3.31. The van der Waals surface area contributed by atoms with Crippen molar-refractivity contribution in [2.24, 2.45) is 0 Å². The van der Waals surface area contributed by atoms with E-state index >= 15 is 0 Å². The molecule has 0 radical (unpaired) electrons. The Bertz CT molecular complexity index is 958. The van der Waals surface area contributed by atoms with E-state index in [0.29, 0.717) is 5.69 Å². The molecule has 1 N–H and O–H groups in total. The van der Waals surface area contributed by atoms with Crippen LogP contribution < -0.4 is 0 Å². The van der Waals surface area contributed by atoms with Gasteiger partial charge in [0.15, 0.2) is 12.2 Å². The summed E-state index contributed by atoms with van der Waals surface area (Å²) in [6, 6.07) is 7.21. The number of aliphatic hydroxyl groups is 1. The van der Waals surface area contributed by atoms with E-state index in [2.05, 4.69) is 10.3 Å². The van der Waals surface area contributed by atoms with E-state index in [0.717, 1.165) is 11.1 Å². The lowest BCUT2D eigenvalue weighted by Gasteiger charge is -2.23. The van der Waals surface area contributed by atoms with Crippen molar-refractivity contribution < 1.29 is 38.4 Å². The molecule has 4 atom stereocenters. The third-order valence-corrected chi connectivity index (χ3v) is 4.80. The largest absolute Gasteiger partial charge is 0.463 e. The number of rotatable bonds is 8. The highest BCUT2D eigenvalue weighted by atomic mass is 16.6. The zero-order valence-electron chi connectivity index (χ0n) is 18.0. The summed E-state index contributed by atoms with van der Waals surface area (Å²) < 4.78 is 23.2. The molecule has 0 unspecified atom stereocenters. The average molecular weight is 447 g/mol. The number of esters is 3.